The minimum atomic E-state index is -1.59. The van der Waals surface area contributed by atoms with E-state index in [-0.39, 0.29) is 17.2 Å². The molecule has 0 unspecified atom stereocenters. The zero-order valence-corrected chi connectivity index (χ0v) is 20.6. The average Bonchev–Trinajstić information content (AvgIpc) is 3.55. The summed E-state index contributed by atoms with van der Waals surface area (Å²) in [6.45, 7) is -0.483. The van der Waals surface area contributed by atoms with Crippen LogP contribution >= 0.6 is 0 Å². The summed E-state index contributed by atoms with van der Waals surface area (Å²) in [6.07, 6.45) is 1.54. The van der Waals surface area contributed by atoms with Crippen LogP contribution in [0.2, 0.25) is 0 Å². The maximum Gasteiger partial charge on any atom is 0.194 e. The molecule has 3 aliphatic rings. The van der Waals surface area contributed by atoms with Crippen LogP contribution in [0.1, 0.15) is 44.6 Å². The van der Waals surface area contributed by atoms with Gasteiger partial charge in [0.15, 0.2) is 17.5 Å². The number of hydrogen-bond acceptors (Lipinski definition) is 9. The minimum absolute atomic E-state index is 0.0239. The van der Waals surface area contributed by atoms with Crippen molar-refractivity contribution in [3.05, 3.63) is 35.8 Å². The number of ether oxygens (including phenoxy) is 2. The smallest absolute Gasteiger partial charge is 0.194 e. The van der Waals surface area contributed by atoms with Gasteiger partial charge in [-0.05, 0) is 37.8 Å². The highest BCUT2D eigenvalue weighted by Crippen LogP contribution is 2.42. The molecular formula is C25H28F3N5O5. The van der Waals surface area contributed by atoms with Crippen molar-refractivity contribution in [2.45, 2.75) is 74.6 Å². The molecule has 0 bridgehead atoms. The van der Waals surface area contributed by atoms with Gasteiger partial charge >= 0.3 is 0 Å². The van der Waals surface area contributed by atoms with Gasteiger partial charge in [-0.2, -0.15) is 5.26 Å². The molecule has 2 aliphatic heterocycles. The Morgan fingerprint density at radius 3 is 2.55 bits per heavy atom. The molecule has 0 radical (unpaired) electrons. The second kappa shape index (κ2) is 10.6. The van der Waals surface area contributed by atoms with Gasteiger partial charge in [-0.1, -0.05) is 10.4 Å². The molecule has 1 aromatic heterocycles. The molecule has 1 aromatic carbocycles. The van der Waals surface area contributed by atoms with Crippen molar-refractivity contribution in [3.63, 3.8) is 0 Å². The normalized spacial score (nSPS) is 33.1. The van der Waals surface area contributed by atoms with Crippen molar-refractivity contribution in [2.75, 3.05) is 13.7 Å². The number of nitriles is 1. The molecule has 2 N–H and O–H groups in total. The van der Waals surface area contributed by atoms with Crippen LogP contribution in [0.5, 0.6) is 0 Å². The van der Waals surface area contributed by atoms with E-state index < -0.39 is 60.1 Å². The molecule has 1 saturated heterocycles. The highest BCUT2D eigenvalue weighted by Gasteiger charge is 2.49. The molecule has 13 heteroatoms. The van der Waals surface area contributed by atoms with E-state index >= 15 is 0 Å². The van der Waals surface area contributed by atoms with Crippen LogP contribution in [0, 0.1) is 34.7 Å². The third kappa shape index (κ3) is 4.89. The van der Waals surface area contributed by atoms with E-state index in [1.165, 1.54) is 18.0 Å². The Kier molecular flexibility index (Phi) is 7.41. The zero-order chi connectivity index (χ0) is 27.0. The monoisotopic (exact) mass is 535 g/mol. The Morgan fingerprint density at radius 1 is 1.21 bits per heavy atom. The van der Waals surface area contributed by atoms with Crippen molar-refractivity contribution in [3.8, 4) is 17.3 Å². The van der Waals surface area contributed by atoms with Gasteiger partial charge in [-0.15, -0.1) is 5.10 Å². The van der Waals surface area contributed by atoms with Crippen LogP contribution in [-0.4, -0.2) is 74.7 Å². The van der Waals surface area contributed by atoms with E-state index in [0.29, 0.717) is 12.8 Å². The standard InChI is InChI=1S/C25H28F3N5O5/c1-36-24-19(8-15-9-25(38-31-15)4-2-13(10-29)3-5-25)37-20(12-34)23(35)22(24)33-11-18(30-32-33)14-6-16(26)21(28)17(27)7-14/h6-7,11,13,19-20,22-24,34-35H,2-5,8-9,12H2,1H3/t13?,19-,20-,22+,23+,24+,25?/m1/s1. The lowest BCUT2D eigenvalue weighted by Crippen LogP contribution is -2.57. The lowest BCUT2D eigenvalue weighted by Gasteiger charge is -2.43. The first-order chi connectivity index (χ1) is 18.3. The van der Waals surface area contributed by atoms with E-state index in [2.05, 4.69) is 21.5 Å². The number of aliphatic hydroxyl groups is 2. The first-order valence-corrected chi connectivity index (χ1v) is 12.4. The fourth-order valence-electron chi connectivity index (χ4n) is 5.67. The maximum absolute atomic E-state index is 13.8. The highest BCUT2D eigenvalue weighted by molar-refractivity contribution is 5.86. The lowest BCUT2D eigenvalue weighted by atomic mass is 9.76. The SMILES string of the molecule is CO[C@@H]1[C@@H](n2cc(-c3cc(F)c(F)c(F)c3)nn2)[C@@H](O)[C@@H](CO)O[C@@H]1CC1=NOC2(CCC(C#N)CC2)C1. The van der Waals surface area contributed by atoms with Crippen molar-refractivity contribution in [1.82, 2.24) is 15.0 Å². The summed E-state index contributed by atoms with van der Waals surface area (Å²) in [4.78, 5) is 5.83. The largest absolute Gasteiger partial charge is 0.394 e. The molecule has 2 fully saturated rings. The number of rotatable bonds is 6. The van der Waals surface area contributed by atoms with Crippen LogP contribution in [0.25, 0.3) is 11.3 Å². The van der Waals surface area contributed by atoms with Gasteiger partial charge in [0, 0.05) is 31.4 Å². The Bertz CT molecular complexity index is 1220. The second-order valence-electron chi connectivity index (χ2n) is 10.1. The van der Waals surface area contributed by atoms with Gasteiger partial charge < -0.3 is 24.5 Å². The van der Waals surface area contributed by atoms with Crippen LogP contribution in [0.15, 0.2) is 23.5 Å². The lowest BCUT2D eigenvalue weighted by molar-refractivity contribution is -0.210. The summed E-state index contributed by atoms with van der Waals surface area (Å²) >= 11 is 0. The number of hydrogen-bond donors (Lipinski definition) is 2. The first kappa shape index (κ1) is 26.6. The van der Waals surface area contributed by atoms with Crippen molar-refractivity contribution in [1.29, 1.82) is 5.26 Å². The van der Waals surface area contributed by atoms with E-state index in [9.17, 15) is 28.6 Å². The molecule has 5 rings (SSSR count). The van der Waals surface area contributed by atoms with Crippen LogP contribution in [-0.2, 0) is 14.3 Å². The van der Waals surface area contributed by atoms with Gasteiger partial charge in [0.05, 0.1) is 30.7 Å². The Hall–Kier alpha value is -3.05. The zero-order valence-electron chi connectivity index (χ0n) is 20.6. The van der Waals surface area contributed by atoms with Gasteiger partial charge in [0.2, 0.25) is 0 Å². The summed E-state index contributed by atoms with van der Waals surface area (Å²) in [6, 6.07) is 3.04. The van der Waals surface area contributed by atoms with E-state index in [1.54, 1.807) is 0 Å². The number of oxime groups is 1. The Morgan fingerprint density at radius 2 is 1.92 bits per heavy atom. The number of halogens is 3. The third-order valence-corrected chi connectivity index (χ3v) is 7.74. The fourth-order valence-corrected chi connectivity index (χ4v) is 5.67. The van der Waals surface area contributed by atoms with Crippen LogP contribution in [0.3, 0.4) is 0 Å². The third-order valence-electron chi connectivity index (χ3n) is 7.74. The van der Waals surface area contributed by atoms with E-state index in [4.69, 9.17) is 14.3 Å². The summed E-state index contributed by atoms with van der Waals surface area (Å²) in [7, 11) is 1.44. The molecule has 1 spiro atoms. The van der Waals surface area contributed by atoms with Crippen molar-refractivity contribution >= 4 is 5.71 Å². The second-order valence-corrected chi connectivity index (χ2v) is 10.1. The number of benzene rings is 1. The number of aliphatic hydroxyl groups excluding tert-OH is 2. The predicted molar refractivity (Wildman–Crippen MR) is 125 cm³/mol. The van der Waals surface area contributed by atoms with Crippen molar-refractivity contribution < 1.29 is 37.7 Å². The number of aromatic nitrogens is 3. The van der Waals surface area contributed by atoms with Gasteiger partial charge in [0.25, 0.3) is 0 Å². The van der Waals surface area contributed by atoms with Crippen LogP contribution in [0.4, 0.5) is 13.2 Å². The molecular weight excluding hydrogens is 507 g/mol. The molecule has 10 nitrogen and oxygen atoms in total. The average molecular weight is 536 g/mol. The predicted octanol–water partition coefficient (Wildman–Crippen LogP) is 2.66. The first-order valence-electron chi connectivity index (χ1n) is 12.4. The molecule has 3 heterocycles. The van der Waals surface area contributed by atoms with E-state index in [0.717, 1.165) is 43.5 Å². The molecule has 5 atom stereocenters. The molecule has 0 amide bonds. The minimum Gasteiger partial charge on any atom is -0.394 e. The summed E-state index contributed by atoms with van der Waals surface area (Å²) in [5.74, 6) is -4.30. The maximum atomic E-state index is 13.8. The Labute approximate surface area is 216 Å². The summed E-state index contributed by atoms with van der Waals surface area (Å²) < 4.78 is 54.0. The molecule has 2 aromatic rings. The summed E-state index contributed by atoms with van der Waals surface area (Å²) in [5, 5.41) is 42.4. The highest BCUT2D eigenvalue weighted by atomic mass is 19.2. The van der Waals surface area contributed by atoms with Crippen LogP contribution < -0.4 is 0 Å². The van der Waals surface area contributed by atoms with E-state index in [1.807, 2.05) is 0 Å². The molecule has 1 aliphatic carbocycles. The quantitative estimate of drug-likeness (QED) is 0.539. The van der Waals surface area contributed by atoms with Gasteiger partial charge in [-0.3, -0.25) is 0 Å². The van der Waals surface area contributed by atoms with Gasteiger partial charge in [-0.25, -0.2) is 17.9 Å². The fraction of sp³-hybridized carbons (Fsp3) is 0.600. The number of methoxy groups -OCH3 is 1. The summed E-state index contributed by atoms with van der Waals surface area (Å²) in [5.41, 5.74) is 0.329. The molecule has 1 saturated carbocycles. The number of nitrogens with zero attached hydrogens (tertiary/aromatic N) is 5. The Balaban J connectivity index is 1.36. The molecule has 38 heavy (non-hydrogen) atoms. The topological polar surface area (TPSA) is 135 Å². The van der Waals surface area contributed by atoms with Gasteiger partial charge in [0.1, 0.15) is 35.6 Å². The molecule has 204 valence electrons. The van der Waals surface area contributed by atoms with Crippen molar-refractivity contribution in [2.24, 2.45) is 11.1 Å².